The zero-order valence-electron chi connectivity index (χ0n) is 48.3. The van der Waals surface area contributed by atoms with E-state index in [1.807, 2.05) is 56.3 Å². The molecule has 0 spiro atoms. The molecule has 3 aromatic carbocycles. The fourth-order valence-electron chi connectivity index (χ4n) is 8.15. The van der Waals surface area contributed by atoms with Crippen molar-refractivity contribution >= 4 is 51.4 Å². The minimum atomic E-state index is -5.65. The van der Waals surface area contributed by atoms with Crippen molar-refractivity contribution in [2.45, 2.75) is 44.4 Å². The van der Waals surface area contributed by atoms with E-state index < -0.39 is 56.4 Å². The molecule has 0 aliphatic carbocycles. The van der Waals surface area contributed by atoms with Gasteiger partial charge in [0.1, 0.15) is 5.84 Å². The van der Waals surface area contributed by atoms with Gasteiger partial charge in [0, 0.05) is 61.6 Å². The number of rotatable bonds is 44. The number of esters is 1. The molecule has 86 heavy (non-hydrogen) atoms. The SMILES string of the molecule is CCCN(OCC)C(=O)C1=Cc2ccc(-c3cccc(C(=O)N4CC(CNC(=O)CCOCCOCCOCCOCCOCCOCCOCCOCCOCCOCCC(=O)Oc5c(F)c(F)c(S(=O)(=O)O)c(F)c5F)C4)c3)cc2N=C(N)C1. The number of hydrogen-bond donors (Lipinski definition) is 3. The Kier molecular flexibility index (Phi) is 32.0. The number of halogens is 4. The molecule has 29 heteroatoms. The number of aliphatic imine (C=N–C) groups is 1. The van der Waals surface area contributed by atoms with Crippen molar-refractivity contribution in [3.63, 3.8) is 0 Å². The number of nitrogens with one attached hydrogen (secondary N) is 1. The second-order valence-electron chi connectivity index (χ2n) is 19.0. The highest BCUT2D eigenvalue weighted by Crippen LogP contribution is 2.34. The van der Waals surface area contributed by atoms with Gasteiger partial charge >= 0.3 is 16.1 Å². The first kappa shape index (κ1) is 70.7. The summed E-state index contributed by atoms with van der Waals surface area (Å²) in [5, 5.41) is 4.31. The average molecular weight is 1240 g/mol. The number of hydroxylamine groups is 2. The van der Waals surface area contributed by atoms with E-state index in [2.05, 4.69) is 15.0 Å². The van der Waals surface area contributed by atoms with E-state index in [1.165, 1.54) is 5.06 Å². The Morgan fingerprint density at radius 2 is 1.14 bits per heavy atom. The van der Waals surface area contributed by atoms with Gasteiger partial charge in [-0.3, -0.25) is 28.6 Å². The van der Waals surface area contributed by atoms with Crippen molar-refractivity contribution < 1.29 is 107 Å². The summed E-state index contributed by atoms with van der Waals surface area (Å²) in [5.74, 6) is -12.7. The standard InChI is InChI=1S/C57H77F4N5O19S/c1-3-12-66(84-4-2)57(70)45-34-43-9-8-42(35-46(43)64-47(62)36-45)41-6-5-7-44(33-41)56(69)65-38-40(39-65)37-63-48(67)10-13-74-15-17-76-19-21-78-23-25-80-27-29-82-31-32-83-30-28-81-26-24-79-22-20-77-18-16-75-14-11-49(68)85-54-50(58)52(60)55(86(71,72)73)53(61)51(54)59/h5-9,33-35,40H,3-4,10-32,36-39H2,1-2H3,(H2,62,64)(H,63,67)(H,71,72,73). The normalized spacial score (nSPS) is 13.4. The van der Waals surface area contributed by atoms with Gasteiger partial charge in [0.05, 0.1) is 151 Å². The largest absolute Gasteiger partial charge is 0.420 e. The third-order valence-corrected chi connectivity index (χ3v) is 13.3. The second-order valence-corrected chi connectivity index (χ2v) is 20.4. The predicted molar refractivity (Wildman–Crippen MR) is 301 cm³/mol. The molecule has 2 aliphatic rings. The third kappa shape index (κ3) is 24.6. The van der Waals surface area contributed by atoms with Crippen molar-refractivity contribution in [3.05, 3.63) is 82.4 Å². The van der Waals surface area contributed by atoms with E-state index in [0.29, 0.717) is 148 Å². The number of hydrogen-bond acceptors (Lipinski definition) is 20. The number of amides is 3. The average Bonchev–Trinajstić information content (AvgIpc) is 2.09. The molecule has 0 saturated carbocycles. The number of carbonyl (C=O) groups excluding carboxylic acids is 4. The molecule has 1 saturated heterocycles. The quantitative estimate of drug-likeness (QED) is 0.0130. The van der Waals surface area contributed by atoms with Crippen LogP contribution in [0, 0.1) is 29.2 Å². The van der Waals surface area contributed by atoms with Gasteiger partial charge < -0.3 is 68.1 Å². The molecule has 0 bridgehead atoms. The van der Waals surface area contributed by atoms with Crippen LogP contribution in [0.2, 0.25) is 0 Å². The van der Waals surface area contributed by atoms with Crippen molar-refractivity contribution in [2.24, 2.45) is 16.6 Å². The Labute approximate surface area is 497 Å². The first-order chi connectivity index (χ1) is 41.5. The molecular weight excluding hydrogens is 1170 g/mol. The molecule has 24 nitrogen and oxygen atoms in total. The molecule has 0 unspecified atom stereocenters. The van der Waals surface area contributed by atoms with Gasteiger partial charge in [-0.1, -0.05) is 31.2 Å². The van der Waals surface area contributed by atoms with Crippen LogP contribution in [0.4, 0.5) is 23.2 Å². The van der Waals surface area contributed by atoms with E-state index in [1.54, 1.807) is 11.0 Å². The Bertz CT molecular complexity index is 2780. The molecule has 1 fully saturated rings. The molecule has 4 N–H and O–H groups in total. The van der Waals surface area contributed by atoms with E-state index in [9.17, 15) is 45.2 Å². The van der Waals surface area contributed by atoms with Gasteiger partial charge in [-0.15, -0.1) is 0 Å². The highest BCUT2D eigenvalue weighted by Gasteiger charge is 2.35. The summed E-state index contributed by atoms with van der Waals surface area (Å²) in [4.78, 5) is 60.7. The predicted octanol–water partition coefficient (Wildman–Crippen LogP) is 4.86. The van der Waals surface area contributed by atoms with E-state index >= 15 is 0 Å². The lowest BCUT2D eigenvalue weighted by atomic mass is 9.96. The summed E-state index contributed by atoms with van der Waals surface area (Å²) in [6.45, 7) is 11.9. The smallest absolute Gasteiger partial charge is 0.313 e. The summed E-state index contributed by atoms with van der Waals surface area (Å²) < 4.78 is 145. The van der Waals surface area contributed by atoms with Gasteiger partial charge in [-0.25, -0.2) is 18.8 Å². The number of benzene rings is 3. The number of likely N-dealkylation sites (tertiary alicyclic amines) is 1. The maximum atomic E-state index is 14.0. The van der Waals surface area contributed by atoms with Crippen LogP contribution in [0.15, 0.2) is 57.9 Å². The third-order valence-electron chi connectivity index (χ3n) is 12.4. The first-order valence-corrected chi connectivity index (χ1v) is 29.6. The lowest BCUT2D eigenvalue weighted by Gasteiger charge is -2.39. The zero-order valence-corrected chi connectivity index (χ0v) is 49.2. The Hall–Kier alpha value is -6.06. The van der Waals surface area contributed by atoms with Crippen LogP contribution in [0.25, 0.3) is 17.2 Å². The monoisotopic (exact) mass is 1240 g/mol. The van der Waals surface area contributed by atoms with Crippen LogP contribution in [0.5, 0.6) is 5.75 Å². The molecule has 3 aromatic rings. The summed E-state index contributed by atoms with van der Waals surface area (Å²) in [6, 6.07) is 13.2. The van der Waals surface area contributed by atoms with Crippen molar-refractivity contribution in [2.75, 3.05) is 165 Å². The lowest BCUT2D eigenvalue weighted by Crippen LogP contribution is -2.53. The number of nitrogens with zero attached hydrogens (tertiary/aromatic N) is 3. The van der Waals surface area contributed by atoms with E-state index in [4.69, 9.17) is 62.5 Å². The number of nitrogens with two attached hydrogens (primary N) is 1. The van der Waals surface area contributed by atoms with Crippen molar-refractivity contribution in [1.82, 2.24) is 15.3 Å². The van der Waals surface area contributed by atoms with Gasteiger partial charge in [0.2, 0.25) is 23.3 Å². The van der Waals surface area contributed by atoms with Gasteiger partial charge in [0.25, 0.3) is 11.8 Å². The van der Waals surface area contributed by atoms with Crippen molar-refractivity contribution in [3.8, 4) is 16.9 Å². The summed E-state index contributed by atoms with van der Waals surface area (Å²) in [7, 11) is -5.65. The molecule has 0 atom stereocenters. The topological polar surface area (TPSA) is 290 Å². The molecule has 5 rings (SSSR count). The van der Waals surface area contributed by atoms with Crippen LogP contribution in [0.1, 0.15) is 55.5 Å². The molecule has 3 amide bonds. The van der Waals surface area contributed by atoms with Crippen LogP contribution in [-0.4, -0.2) is 217 Å². The maximum Gasteiger partial charge on any atom is 0.313 e. The summed E-state index contributed by atoms with van der Waals surface area (Å²) >= 11 is 0. The Morgan fingerprint density at radius 1 is 0.663 bits per heavy atom. The fourth-order valence-corrected chi connectivity index (χ4v) is 8.78. The van der Waals surface area contributed by atoms with E-state index in [-0.39, 0.29) is 76.1 Å². The molecule has 2 heterocycles. The summed E-state index contributed by atoms with van der Waals surface area (Å²) in [5.41, 5.74) is 10.4. The van der Waals surface area contributed by atoms with Gasteiger partial charge in [0.15, 0.2) is 16.5 Å². The molecular formula is C57H77F4N5O19S. The van der Waals surface area contributed by atoms with Crippen LogP contribution in [0.3, 0.4) is 0 Å². The minimum Gasteiger partial charge on any atom is -0.420 e. The Balaban J connectivity index is 0.743. The van der Waals surface area contributed by atoms with Crippen LogP contribution in [-0.2, 0) is 76.7 Å². The van der Waals surface area contributed by atoms with Gasteiger partial charge in [-0.2, -0.15) is 17.2 Å². The Morgan fingerprint density at radius 3 is 1.62 bits per heavy atom. The summed E-state index contributed by atoms with van der Waals surface area (Å²) in [6.07, 6.45) is 2.37. The zero-order chi connectivity index (χ0) is 62.1. The number of fused-ring (bicyclic) bond motifs is 1. The number of ether oxygens (including phenoxy) is 11. The highest BCUT2D eigenvalue weighted by molar-refractivity contribution is 7.85. The van der Waals surface area contributed by atoms with Crippen LogP contribution < -0.4 is 15.8 Å². The van der Waals surface area contributed by atoms with Crippen LogP contribution >= 0.6 is 0 Å². The minimum absolute atomic E-state index is 0.0145. The lowest BCUT2D eigenvalue weighted by molar-refractivity contribution is -0.180. The first-order valence-electron chi connectivity index (χ1n) is 28.1. The number of carbonyl (C=O) groups is 4. The highest BCUT2D eigenvalue weighted by atomic mass is 32.2. The molecule has 0 radical (unpaired) electrons. The molecule has 0 aromatic heterocycles. The second kappa shape index (κ2) is 39.0. The van der Waals surface area contributed by atoms with Crippen molar-refractivity contribution in [1.29, 1.82) is 0 Å². The van der Waals surface area contributed by atoms with E-state index in [0.717, 1.165) is 23.1 Å². The fraction of sp³-hybridized carbons (Fsp3) is 0.561. The van der Waals surface area contributed by atoms with Gasteiger partial charge in [-0.05, 0) is 48.7 Å². The molecule has 478 valence electrons. The number of amidine groups is 1. The molecule has 2 aliphatic heterocycles. The maximum absolute atomic E-state index is 14.0.